The van der Waals surface area contributed by atoms with Crippen molar-refractivity contribution in [2.45, 2.75) is 5.16 Å². The van der Waals surface area contributed by atoms with E-state index in [1.165, 1.54) is 11.8 Å². The SMILES string of the molecule is COc1ccc(-n2c(SCC(=O)N(C)c3ccccc3)nnc2-c2ccccc2)cc1Cl. The number of benzene rings is 3. The van der Waals surface area contributed by atoms with Gasteiger partial charge in [0.25, 0.3) is 0 Å². The third-order valence-electron chi connectivity index (χ3n) is 4.90. The van der Waals surface area contributed by atoms with E-state index in [1.54, 1.807) is 31.2 Å². The molecule has 0 aliphatic rings. The summed E-state index contributed by atoms with van der Waals surface area (Å²) in [5.74, 6) is 1.42. The van der Waals surface area contributed by atoms with Gasteiger partial charge < -0.3 is 9.64 Å². The summed E-state index contributed by atoms with van der Waals surface area (Å²) in [7, 11) is 3.34. The van der Waals surface area contributed by atoms with Gasteiger partial charge in [0, 0.05) is 18.3 Å². The first-order chi connectivity index (χ1) is 15.6. The average molecular weight is 465 g/mol. The minimum absolute atomic E-state index is 0.0372. The van der Waals surface area contributed by atoms with Gasteiger partial charge in [-0.05, 0) is 30.3 Å². The predicted molar refractivity (Wildman–Crippen MR) is 129 cm³/mol. The van der Waals surface area contributed by atoms with Crippen LogP contribution in [0, 0.1) is 0 Å². The van der Waals surface area contributed by atoms with Crippen LogP contribution in [0.3, 0.4) is 0 Å². The highest BCUT2D eigenvalue weighted by atomic mass is 35.5. The normalized spacial score (nSPS) is 10.7. The lowest BCUT2D eigenvalue weighted by Crippen LogP contribution is -2.27. The second kappa shape index (κ2) is 9.89. The molecule has 3 aromatic carbocycles. The molecule has 0 spiro atoms. The number of amides is 1. The van der Waals surface area contributed by atoms with Crippen LogP contribution in [0.15, 0.2) is 84.0 Å². The van der Waals surface area contributed by atoms with E-state index in [0.29, 0.717) is 21.8 Å². The van der Waals surface area contributed by atoms with Gasteiger partial charge in [-0.2, -0.15) is 0 Å². The third-order valence-corrected chi connectivity index (χ3v) is 6.11. The molecule has 1 heterocycles. The van der Waals surface area contributed by atoms with Crippen LogP contribution in [0.25, 0.3) is 17.1 Å². The lowest BCUT2D eigenvalue weighted by molar-refractivity contribution is -0.115. The van der Waals surface area contributed by atoms with Crippen LogP contribution < -0.4 is 9.64 Å². The quantitative estimate of drug-likeness (QED) is 0.345. The van der Waals surface area contributed by atoms with Crippen LogP contribution >= 0.6 is 23.4 Å². The number of nitrogens with zero attached hydrogens (tertiary/aromatic N) is 4. The third kappa shape index (κ3) is 4.64. The Morgan fingerprint density at radius 1 is 1.03 bits per heavy atom. The minimum Gasteiger partial charge on any atom is -0.495 e. The molecule has 0 saturated heterocycles. The number of hydrogen-bond donors (Lipinski definition) is 0. The molecule has 4 aromatic rings. The molecule has 0 aliphatic heterocycles. The van der Waals surface area contributed by atoms with Gasteiger partial charge in [0.15, 0.2) is 11.0 Å². The fourth-order valence-electron chi connectivity index (χ4n) is 3.18. The van der Waals surface area contributed by atoms with Crippen LogP contribution in [0.5, 0.6) is 5.75 Å². The van der Waals surface area contributed by atoms with Gasteiger partial charge in [-0.3, -0.25) is 9.36 Å². The van der Waals surface area contributed by atoms with E-state index in [9.17, 15) is 4.79 Å². The van der Waals surface area contributed by atoms with Gasteiger partial charge >= 0.3 is 0 Å². The highest BCUT2D eigenvalue weighted by Crippen LogP contribution is 2.32. The van der Waals surface area contributed by atoms with Crippen molar-refractivity contribution in [2.75, 3.05) is 24.8 Å². The summed E-state index contributed by atoms with van der Waals surface area (Å²) >= 11 is 7.72. The number of anilines is 1. The number of carbonyl (C=O) groups is 1. The van der Waals surface area contributed by atoms with Crippen LogP contribution in [0.2, 0.25) is 5.02 Å². The van der Waals surface area contributed by atoms with E-state index in [4.69, 9.17) is 16.3 Å². The van der Waals surface area contributed by atoms with Gasteiger partial charge in [-0.15, -0.1) is 10.2 Å². The zero-order chi connectivity index (χ0) is 22.5. The van der Waals surface area contributed by atoms with E-state index in [0.717, 1.165) is 16.9 Å². The maximum atomic E-state index is 12.8. The van der Waals surface area contributed by atoms with Crippen molar-refractivity contribution in [3.8, 4) is 22.8 Å². The Labute approximate surface area is 195 Å². The van der Waals surface area contributed by atoms with E-state index in [1.807, 2.05) is 71.3 Å². The first-order valence-electron chi connectivity index (χ1n) is 9.87. The van der Waals surface area contributed by atoms with E-state index in [-0.39, 0.29) is 11.7 Å². The summed E-state index contributed by atoms with van der Waals surface area (Å²) in [6.45, 7) is 0. The molecular weight excluding hydrogens is 444 g/mol. The van der Waals surface area contributed by atoms with Crippen molar-refractivity contribution < 1.29 is 9.53 Å². The average Bonchev–Trinajstić information content (AvgIpc) is 3.27. The molecule has 32 heavy (non-hydrogen) atoms. The van der Waals surface area contributed by atoms with E-state index < -0.39 is 0 Å². The van der Waals surface area contributed by atoms with Gasteiger partial charge in [0.1, 0.15) is 5.75 Å². The summed E-state index contributed by atoms with van der Waals surface area (Å²) < 4.78 is 7.19. The van der Waals surface area contributed by atoms with Crippen LogP contribution in [-0.2, 0) is 4.79 Å². The van der Waals surface area contributed by atoms with Gasteiger partial charge in [0.2, 0.25) is 5.91 Å². The molecule has 0 atom stereocenters. The molecule has 0 saturated carbocycles. The van der Waals surface area contributed by atoms with Crippen molar-refractivity contribution in [2.24, 2.45) is 0 Å². The Morgan fingerprint density at radius 2 is 1.72 bits per heavy atom. The Morgan fingerprint density at radius 3 is 2.38 bits per heavy atom. The lowest BCUT2D eigenvalue weighted by atomic mass is 10.2. The molecule has 0 N–H and O–H groups in total. The number of halogens is 1. The van der Waals surface area contributed by atoms with Gasteiger partial charge in [-0.1, -0.05) is 71.9 Å². The standard InChI is InChI=1S/C24H21ClN4O2S/c1-28(18-11-7-4-8-12-18)22(30)16-32-24-27-26-23(17-9-5-3-6-10-17)29(24)19-13-14-21(31-2)20(25)15-19/h3-15H,16H2,1-2H3. The van der Waals surface area contributed by atoms with E-state index >= 15 is 0 Å². The number of aromatic nitrogens is 3. The molecular formula is C24H21ClN4O2S. The summed E-state index contributed by atoms with van der Waals surface area (Å²) in [6, 6.07) is 24.8. The number of rotatable bonds is 7. The second-order valence-corrected chi connectivity index (χ2v) is 8.25. The molecule has 0 aliphatic carbocycles. The fourth-order valence-corrected chi connectivity index (χ4v) is 4.30. The van der Waals surface area contributed by atoms with Crippen molar-refractivity contribution in [1.82, 2.24) is 14.8 Å². The monoisotopic (exact) mass is 464 g/mol. The first kappa shape index (κ1) is 21.9. The van der Waals surface area contributed by atoms with Crippen LogP contribution in [0.4, 0.5) is 5.69 Å². The Balaban J connectivity index is 1.66. The number of carbonyl (C=O) groups excluding carboxylic acids is 1. The number of ether oxygens (including phenoxy) is 1. The molecule has 0 bridgehead atoms. The molecule has 0 fully saturated rings. The molecule has 0 unspecified atom stereocenters. The first-order valence-corrected chi connectivity index (χ1v) is 11.2. The van der Waals surface area contributed by atoms with Gasteiger partial charge in [0.05, 0.1) is 23.6 Å². The van der Waals surface area contributed by atoms with Crippen LogP contribution in [0.1, 0.15) is 0 Å². The zero-order valence-corrected chi connectivity index (χ0v) is 19.2. The number of methoxy groups -OCH3 is 1. The molecule has 0 radical (unpaired) electrons. The van der Waals surface area contributed by atoms with E-state index in [2.05, 4.69) is 10.2 Å². The summed E-state index contributed by atoms with van der Waals surface area (Å²) in [4.78, 5) is 14.4. The van der Waals surface area contributed by atoms with Crippen molar-refractivity contribution in [1.29, 1.82) is 0 Å². The Kier molecular flexibility index (Phi) is 6.78. The lowest BCUT2D eigenvalue weighted by Gasteiger charge is -2.17. The molecule has 1 aromatic heterocycles. The minimum atomic E-state index is -0.0372. The molecule has 162 valence electrons. The molecule has 1 amide bonds. The second-order valence-electron chi connectivity index (χ2n) is 6.90. The van der Waals surface area contributed by atoms with Crippen molar-refractivity contribution in [3.63, 3.8) is 0 Å². The number of para-hydroxylation sites is 1. The Bertz CT molecular complexity index is 1220. The highest BCUT2D eigenvalue weighted by molar-refractivity contribution is 7.99. The summed E-state index contributed by atoms with van der Waals surface area (Å²) in [6.07, 6.45) is 0. The fraction of sp³-hybridized carbons (Fsp3) is 0.125. The number of thioether (sulfide) groups is 1. The maximum absolute atomic E-state index is 12.8. The molecule has 8 heteroatoms. The smallest absolute Gasteiger partial charge is 0.237 e. The number of hydrogen-bond acceptors (Lipinski definition) is 5. The summed E-state index contributed by atoms with van der Waals surface area (Å²) in [5.41, 5.74) is 2.53. The van der Waals surface area contributed by atoms with Crippen LogP contribution in [-0.4, -0.2) is 40.6 Å². The molecule has 4 rings (SSSR count). The Hall–Kier alpha value is -3.29. The highest BCUT2D eigenvalue weighted by Gasteiger charge is 2.19. The van der Waals surface area contributed by atoms with Crippen molar-refractivity contribution in [3.05, 3.63) is 83.9 Å². The zero-order valence-electron chi connectivity index (χ0n) is 17.6. The predicted octanol–water partition coefficient (Wildman–Crippen LogP) is 5.35. The van der Waals surface area contributed by atoms with Crippen molar-refractivity contribution >= 4 is 35.0 Å². The molecule has 6 nitrogen and oxygen atoms in total. The maximum Gasteiger partial charge on any atom is 0.237 e. The summed E-state index contributed by atoms with van der Waals surface area (Å²) in [5, 5.41) is 9.86. The van der Waals surface area contributed by atoms with Gasteiger partial charge in [-0.25, -0.2) is 0 Å². The largest absolute Gasteiger partial charge is 0.495 e. The topological polar surface area (TPSA) is 60.2 Å².